The average Bonchev–Trinajstić information content (AvgIpc) is 3.25. The van der Waals surface area contributed by atoms with E-state index in [9.17, 15) is 14.0 Å². The van der Waals surface area contributed by atoms with Crippen LogP contribution >= 0.6 is 0 Å². The highest BCUT2D eigenvalue weighted by atomic mass is 19.1. The van der Waals surface area contributed by atoms with Crippen molar-refractivity contribution in [2.24, 2.45) is 7.05 Å². The van der Waals surface area contributed by atoms with Gasteiger partial charge in [0.1, 0.15) is 34.9 Å². The lowest BCUT2D eigenvalue weighted by Gasteiger charge is -2.13. The molecule has 9 heteroatoms. The number of rotatable bonds is 6. The minimum atomic E-state index is -0.707. The smallest absolute Gasteiger partial charge is 0.267 e. The van der Waals surface area contributed by atoms with E-state index in [1.807, 2.05) is 25.3 Å². The number of hydrogen-bond donors (Lipinski definition) is 1. The lowest BCUT2D eigenvalue weighted by Crippen LogP contribution is -2.28. The van der Waals surface area contributed by atoms with Crippen LogP contribution in [0.2, 0.25) is 0 Å². The molecule has 0 saturated carbocycles. The number of amides is 1. The molecule has 0 fully saturated rings. The highest BCUT2D eigenvalue weighted by Crippen LogP contribution is 2.37. The zero-order chi connectivity index (χ0) is 28.0. The normalized spacial score (nSPS) is 12.1. The third-order valence-electron chi connectivity index (χ3n) is 6.55. The van der Waals surface area contributed by atoms with E-state index in [-0.39, 0.29) is 17.0 Å². The molecule has 1 amide bonds. The summed E-state index contributed by atoms with van der Waals surface area (Å²) >= 11 is 0. The molecule has 2 heterocycles. The van der Waals surface area contributed by atoms with Crippen LogP contribution in [0.5, 0.6) is 11.5 Å². The van der Waals surface area contributed by atoms with E-state index >= 15 is 4.39 Å². The molecule has 0 bridgehead atoms. The van der Waals surface area contributed by atoms with Crippen molar-refractivity contribution in [2.75, 3.05) is 5.32 Å². The number of allylic oxidation sites excluding steroid dienone is 4. The molecule has 2 aromatic heterocycles. The number of benzene rings is 3. The van der Waals surface area contributed by atoms with Gasteiger partial charge in [-0.2, -0.15) is 5.10 Å². The van der Waals surface area contributed by atoms with Gasteiger partial charge in [-0.1, -0.05) is 0 Å². The summed E-state index contributed by atoms with van der Waals surface area (Å²) < 4.78 is 37.5. The van der Waals surface area contributed by atoms with E-state index < -0.39 is 23.1 Å². The molecule has 7 nitrogen and oxygen atoms in total. The van der Waals surface area contributed by atoms with Gasteiger partial charge in [-0.25, -0.2) is 8.78 Å². The third kappa shape index (κ3) is 4.55. The summed E-state index contributed by atoms with van der Waals surface area (Å²) in [6.07, 6.45) is 9.85. The number of carbonyl (C=O) groups is 1. The first-order chi connectivity index (χ1) is 19.3. The SMILES string of the molecule is Cc1cc(C(=O)Nc2ccc(Oc3cc4cnn(C)c4cc3C3=C[C+]=C3)c(F)c2)c(=O)n(-c2ccc(F)cc2)c1. The second-order valence-corrected chi connectivity index (χ2v) is 9.37. The maximum absolute atomic E-state index is 15.2. The van der Waals surface area contributed by atoms with Crippen LogP contribution in [-0.2, 0) is 7.05 Å². The number of ether oxygens (including phenoxy) is 1. The number of halogens is 2. The van der Waals surface area contributed by atoms with Gasteiger partial charge in [0.2, 0.25) is 0 Å². The first kappa shape index (κ1) is 24.9. The Morgan fingerprint density at radius 3 is 2.50 bits per heavy atom. The lowest BCUT2D eigenvalue weighted by molar-refractivity contribution is 0.102. The standard InChI is InChI=1S/C31H20F2N4O3/c1-18-12-25(31(39)37(17-18)23-9-6-21(32)7-10-23)30(38)35-22-8-11-28(26(33)14-22)40-29-13-20-16-34-36(2)27(20)15-24(29)19-4-3-5-19/h4-17H,1-2H3/p+1. The fourth-order valence-electron chi connectivity index (χ4n) is 4.46. The molecule has 0 spiro atoms. The monoisotopic (exact) mass is 535 g/mol. The van der Waals surface area contributed by atoms with Gasteiger partial charge in [0.05, 0.1) is 17.3 Å². The highest BCUT2D eigenvalue weighted by Gasteiger charge is 2.21. The van der Waals surface area contributed by atoms with Crippen LogP contribution in [0.4, 0.5) is 14.5 Å². The summed E-state index contributed by atoms with van der Waals surface area (Å²) in [7, 11) is 1.84. The van der Waals surface area contributed by atoms with Gasteiger partial charge in [0.25, 0.3) is 11.5 Å². The Balaban J connectivity index is 1.26. The van der Waals surface area contributed by atoms with E-state index in [0.29, 0.717) is 17.0 Å². The molecular weight excluding hydrogens is 514 g/mol. The largest absolute Gasteiger partial charge is 0.452 e. The van der Waals surface area contributed by atoms with Crippen molar-refractivity contribution in [3.63, 3.8) is 0 Å². The minimum Gasteiger partial charge on any atom is -0.452 e. The molecule has 1 aliphatic carbocycles. The predicted octanol–water partition coefficient (Wildman–Crippen LogP) is 6.11. The van der Waals surface area contributed by atoms with Crippen molar-refractivity contribution in [3.05, 3.63) is 130 Å². The quantitative estimate of drug-likeness (QED) is 0.266. The van der Waals surface area contributed by atoms with Crippen molar-refractivity contribution in [1.29, 1.82) is 0 Å². The van der Waals surface area contributed by atoms with Gasteiger partial charge in [-0.05, 0) is 67.1 Å². The first-order valence-electron chi connectivity index (χ1n) is 12.3. The maximum atomic E-state index is 15.2. The van der Waals surface area contributed by atoms with E-state index in [2.05, 4.69) is 16.5 Å². The predicted molar refractivity (Wildman–Crippen MR) is 148 cm³/mol. The number of aromatic nitrogens is 3. The van der Waals surface area contributed by atoms with Gasteiger partial charge in [0.15, 0.2) is 11.6 Å². The zero-order valence-corrected chi connectivity index (χ0v) is 21.4. The summed E-state index contributed by atoms with van der Waals surface area (Å²) in [4.78, 5) is 26.1. The summed E-state index contributed by atoms with van der Waals surface area (Å²) in [6.45, 7) is 1.73. The van der Waals surface area contributed by atoms with Crippen LogP contribution in [0.1, 0.15) is 21.5 Å². The molecule has 5 aromatic rings. The Kier molecular flexibility index (Phi) is 6.06. The van der Waals surface area contributed by atoms with Crippen molar-refractivity contribution in [2.45, 2.75) is 6.92 Å². The first-order valence-corrected chi connectivity index (χ1v) is 12.3. The average molecular weight is 536 g/mol. The zero-order valence-electron chi connectivity index (χ0n) is 21.4. The summed E-state index contributed by atoms with van der Waals surface area (Å²) in [5, 5.41) is 7.69. The van der Waals surface area contributed by atoms with Crippen molar-refractivity contribution in [3.8, 4) is 17.2 Å². The topological polar surface area (TPSA) is 78.2 Å². The van der Waals surface area contributed by atoms with Crippen LogP contribution in [0.3, 0.4) is 0 Å². The molecule has 0 atom stereocenters. The maximum Gasteiger partial charge on any atom is 0.267 e. The number of aryl methyl sites for hydroxylation is 2. The number of nitrogens with zero attached hydrogens (tertiary/aromatic N) is 3. The Morgan fingerprint density at radius 2 is 1.80 bits per heavy atom. The number of carbonyl (C=O) groups excluding carboxylic acids is 1. The molecule has 0 aliphatic heterocycles. The Morgan fingerprint density at radius 1 is 1.02 bits per heavy atom. The summed E-state index contributed by atoms with van der Waals surface area (Å²) in [6, 6.07) is 14.5. The number of pyridine rings is 1. The lowest BCUT2D eigenvalue weighted by atomic mass is 9.97. The molecule has 196 valence electrons. The molecule has 0 radical (unpaired) electrons. The molecule has 0 unspecified atom stereocenters. The molecule has 6 rings (SSSR count). The Labute approximate surface area is 227 Å². The van der Waals surface area contributed by atoms with Gasteiger partial charge in [-0.3, -0.25) is 18.8 Å². The Hall–Kier alpha value is -5.40. The fourth-order valence-corrected chi connectivity index (χ4v) is 4.46. The van der Waals surface area contributed by atoms with E-state index in [1.165, 1.54) is 47.0 Å². The molecule has 1 aliphatic rings. The fraction of sp³-hybridized carbons (Fsp3) is 0.0645. The van der Waals surface area contributed by atoms with Crippen molar-refractivity contribution < 1.29 is 18.3 Å². The van der Waals surface area contributed by atoms with Crippen molar-refractivity contribution in [1.82, 2.24) is 14.3 Å². The van der Waals surface area contributed by atoms with E-state index in [4.69, 9.17) is 4.74 Å². The summed E-state index contributed by atoms with van der Waals surface area (Å²) in [5.74, 6) is -1.44. The van der Waals surface area contributed by atoms with E-state index in [1.54, 1.807) is 30.1 Å². The number of hydrogen-bond acceptors (Lipinski definition) is 4. The summed E-state index contributed by atoms with van der Waals surface area (Å²) in [5.41, 5.74) is 3.02. The van der Waals surface area contributed by atoms with Crippen LogP contribution in [-0.4, -0.2) is 20.3 Å². The molecule has 40 heavy (non-hydrogen) atoms. The highest BCUT2D eigenvalue weighted by molar-refractivity contribution is 6.04. The molecule has 1 N–H and O–H groups in total. The number of nitrogens with one attached hydrogen (secondary N) is 1. The Bertz CT molecular complexity index is 1940. The van der Waals surface area contributed by atoms with Gasteiger partial charge >= 0.3 is 0 Å². The second-order valence-electron chi connectivity index (χ2n) is 9.37. The minimum absolute atomic E-state index is 0.0374. The number of anilines is 1. The van der Waals surface area contributed by atoms with Crippen LogP contribution in [0.25, 0.3) is 22.2 Å². The van der Waals surface area contributed by atoms with Gasteiger partial charge in [-0.15, -0.1) is 0 Å². The van der Waals surface area contributed by atoms with Crippen molar-refractivity contribution >= 4 is 28.1 Å². The van der Waals surface area contributed by atoms with Gasteiger partial charge < -0.3 is 10.1 Å². The van der Waals surface area contributed by atoms with E-state index in [0.717, 1.165) is 28.1 Å². The van der Waals surface area contributed by atoms with Crippen LogP contribution < -0.4 is 15.6 Å². The van der Waals surface area contributed by atoms with Crippen LogP contribution in [0, 0.1) is 24.6 Å². The second kappa shape index (κ2) is 9.72. The van der Waals surface area contributed by atoms with Crippen LogP contribution in [0.15, 0.2) is 90.0 Å². The molecular formula is C31H21F2N4O3+. The third-order valence-corrected chi connectivity index (χ3v) is 6.55. The van der Waals surface area contributed by atoms with Gasteiger partial charge in [0, 0.05) is 42.1 Å². The molecule has 0 saturated heterocycles. The number of fused-ring (bicyclic) bond motifs is 1. The molecule has 3 aromatic carbocycles.